The van der Waals surface area contributed by atoms with Crippen LogP contribution in [0.4, 0.5) is 0 Å². The Hall–Kier alpha value is -0.840. The highest BCUT2D eigenvalue weighted by Gasteiger charge is 2.19. The average Bonchev–Trinajstić information content (AvgIpc) is 2.23. The summed E-state index contributed by atoms with van der Waals surface area (Å²) in [7, 11) is 2.01. The normalized spacial score (nSPS) is 11.4. The second-order valence-corrected chi connectivity index (χ2v) is 5.46. The van der Waals surface area contributed by atoms with E-state index in [2.05, 4.69) is 23.7 Å². The molecule has 0 aliphatic heterocycles. The Labute approximate surface area is 116 Å². The van der Waals surface area contributed by atoms with Gasteiger partial charge in [-0.3, -0.25) is 9.88 Å². The lowest BCUT2D eigenvalue weighted by Gasteiger charge is -2.28. The molecule has 0 aliphatic carbocycles. The van der Waals surface area contributed by atoms with Crippen molar-refractivity contribution in [3.8, 4) is 5.75 Å². The van der Waals surface area contributed by atoms with Crippen molar-refractivity contribution in [1.29, 1.82) is 0 Å². The number of hydrogen-bond donors (Lipinski definition) is 2. The summed E-state index contributed by atoms with van der Waals surface area (Å²) < 4.78 is 0. The number of aromatic nitrogens is 1. The molecule has 0 aliphatic rings. The molecule has 0 aromatic carbocycles. The fraction of sp³-hybridized carbons (Fsp3) is 0.615. The molecule has 0 atom stereocenters. The van der Waals surface area contributed by atoms with Crippen LogP contribution >= 0.6 is 12.4 Å². The highest BCUT2D eigenvalue weighted by atomic mass is 35.5. The van der Waals surface area contributed by atoms with Gasteiger partial charge in [-0.15, -0.1) is 12.4 Å². The lowest BCUT2D eigenvalue weighted by molar-refractivity contribution is 0.206. The van der Waals surface area contributed by atoms with Crippen molar-refractivity contribution in [2.75, 3.05) is 20.1 Å². The summed E-state index contributed by atoms with van der Waals surface area (Å²) in [5.41, 5.74) is 7.43. The topological polar surface area (TPSA) is 62.4 Å². The second kappa shape index (κ2) is 6.92. The van der Waals surface area contributed by atoms with E-state index in [4.69, 9.17) is 5.73 Å². The standard InChI is InChI=1S/C13H23N3O.ClH/c1-10-5-6-12(17)11(15-10)7-16(4)9-13(2,3)8-14;/h5-6,17H,7-9,14H2,1-4H3;1H. The summed E-state index contributed by atoms with van der Waals surface area (Å²) in [6.07, 6.45) is 0. The zero-order valence-corrected chi connectivity index (χ0v) is 12.4. The number of halogens is 1. The zero-order valence-electron chi connectivity index (χ0n) is 11.6. The zero-order chi connectivity index (χ0) is 13.1. The van der Waals surface area contributed by atoms with E-state index in [-0.39, 0.29) is 23.6 Å². The Kier molecular flexibility index (Phi) is 6.60. The molecule has 0 unspecified atom stereocenters. The molecule has 4 nitrogen and oxygen atoms in total. The first-order valence-electron chi connectivity index (χ1n) is 5.88. The first-order valence-corrected chi connectivity index (χ1v) is 5.88. The van der Waals surface area contributed by atoms with E-state index in [0.717, 1.165) is 17.9 Å². The van der Waals surface area contributed by atoms with Crippen LogP contribution in [0.3, 0.4) is 0 Å². The number of nitrogens with two attached hydrogens (primary N) is 1. The Morgan fingerprint density at radius 2 is 2.00 bits per heavy atom. The van der Waals surface area contributed by atoms with Crippen LogP contribution in [0.15, 0.2) is 12.1 Å². The number of nitrogens with zero attached hydrogens (tertiary/aromatic N) is 2. The van der Waals surface area contributed by atoms with Crippen LogP contribution in [0.25, 0.3) is 0 Å². The van der Waals surface area contributed by atoms with Gasteiger partial charge < -0.3 is 10.8 Å². The van der Waals surface area contributed by atoms with Gasteiger partial charge in [0.25, 0.3) is 0 Å². The monoisotopic (exact) mass is 273 g/mol. The summed E-state index contributed by atoms with van der Waals surface area (Å²) in [5, 5.41) is 9.73. The summed E-state index contributed by atoms with van der Waals surface area (Å²) in [5.74, 6) is 0.257. The molecule has 18 heavy (non-hydrogen) atoms. The van der Waals surface area contributed by atoms with E-state index in [1.807, 2.05) is 20.0 Å². The Bertz CT molecular complexity index is 382. The van der Waals surface area contributed by atoms with E-state index in [1.165, 1.54) is 0 Å². The van der Waals surface area contributed by atoms with E-state index >= 15 is 0 Å². The van der Waals surface area contributed by atoms with E-state index in [9.17, 15) is 5.11 Å². The maximum Gasteiger partial charge on any atom is 0.138 e. The maximum atomic E-state index is 9.73. The van der Waals surface area contributed by atoms with Gasteiger partial charge in [-0.05, 0) is 38.1 Å². The Morgan fingerprint density at radius 3 is 2.56 bits per heavy atom. The van der Waals surface area contributed by atoms with Crippen molar-refractivity contribution < 1.29 is 5.11 Å². The highest BCUT2D eigenvalue weighted by Crippen LogP contribution is 2.19. The van der Waals surface area contributed by atoms with Gasteiger partial charge in [0.2, 0.25) is 0 Å². The summed E-state index contributed by atoms with van der Waals surface area (Å²) >= 11 is 0. The number of aryl methyl sites for hydroxylation is 1. The second-order valence-electron chi connectivity index (χ2n) is 5.46. The van der Waals surface area contributed by atoms with Crippen molar-refractivity contribution in [3.05, 3.63) is 23.5 Å². The van der Waals surface area contributed by atoms with Crippen LogP contribution in [0, 0.1) is 12.3 Å². The molecule has 0 fully saturated rings. The molecule has 0 spiro atoms. The molecular formula is C13H24ClN3O. The minimum Gasteiger partial charge on any atom is -0.506 e. The Balaban J connectivity index is 0.00000289. The molecule has 0 radical (unpaired) electrons. The van der Waals surface area contributed by atoms with Crippen LogP contribution in [-0.2, 0) is 6.54 Å². The third-order valence-corrected chi connectivity index (χ3v) is 2.76. The number of pyridine rings is 1. The van der Waals surface area contributed by atoms with Crippen molar-refractivity contribution in [2.45, 2.75) is 27.3 Å². The van der Waals surface area contributed by atoms with Crippen LogP contribution in [0.1, 0.15) is 25.2 Å². The molecule has 104 valence electrons. The molecular weight excluding hydrogens is 250 g/mol. The number of hydrogen-bond acceptors (Lipinski definition) is 4. The smallest absolute Gasteiger partial charge is 0.138 e. The summed E-state index contributed by atoms with van der Waals surface area (Å²) in [4.78, 5) is 6.48. The third kappa shape index (κ3) is 5.21. The van der Waals surface area contributed by atoms with Gasteiger partial charge in [-0.2, -0.15) is 0 Å². The van der Waals surface area contributed by atoms with Gasteiger partial charge in [0.05, 0.1) is 5.69 Å². The molecule has 3 N–H and O–H groups in total. The largest absolute Gasteiger partial charge is 0.506 e. The molecule has 0 bridgehead atoms. The highest BCUT2D eigenvalue weighted by molar-refractivity contribution is 5.85. The fourth-order valence-corrected chi connectivity index (χ4v) is 1.83. The van der Waals surface area contributed by atoms with Gasteiger partial charge >= 0.3 is 0 Å². The molecule has 1 aromatic heterocycles. The van der Waals surface area contributed by atoms with Gasteiger partial charge in [-0.1, -0.05) is 13.8 Å². The molecule has 1 aromatic rings. The molecule has 5 heteroatoms. The van der Waals surface area contributed by atoms with E-state index < -0.39 is 0 Å². The SMILES string of the molecule is Cc1ccc(O)c(CN(C)CC(C)(C)CN)n1.Cl. The van der Waals surface area contributed by atoms with Crippen molar-refractivity contribution in [1.82, 2.24) is 9.88 Å². The average molecular weight is 274 g/mol. The predicted octanol–water partition coefficient (Wildman–Crippen LogP) is 1.93. The molecule has 1 heterocycles. The molecule has 0 saturated carbocycles. The van der Waals surface area contributed by atoms with Gasteiger partial charge in [0.15, 0.2) is 0 Å². The number of rotatable bonds is 5. The quantitative estimate of drug-likeness (QED) is 0.861. The maximum absolute atomic E-state index is 9.73. The van der Waals surface area contributed by atoms with Crippen LogP contribution in [0.5, 0.6) is 5.75 Å². The first-order chi connectivity index (χ1) is 7.84. The van der Waals surface area contributed by atoms with Gasteiger partial charge in [0, 0.05) is 18.8 Å². The predicted molar refractivity (Wildman–Crippen MR) is 77.1 cm³/mol. The minimum atomic E-state index is 0. The molecule has 1 rings (SSSR count). The van der Waals surface area contributed by atoms with Crippen LogP contribution in [0.2, 0.25) is 0 Å². The van der Waals surface area contributed by atoms with Crippen molar-refractivity contribution >= 4 is 12.4 Å². The van der Waals surface area contributed by atoms with Gasteiger partial charge in [-0.25, -0.2) is 0 Å². The minimum absolute atomic E-state index is 0. The molecule has 0 amide bonds. The van der Waals surface area contributed by atoms with Crippen LogP contribution in [-0.4, -0.2) is 35.1 Å². The van der Waals surface area contributed by atoms with E-state index in [0.29, 0.717) is 13.1 Å². The fourth-order valence-electron chi connectivity index (χ4n) is 1.83. The first kappa shape index (κ1) is 17.2. The van der Waals surface area contributed by atoms with E-state index in [1.54, 1.807) is 6.07 Å². The molecule has 0 saturated heterocycles. The van der Waals surface area contributed by atoms with Crippen LogP contribution < -0.4 is 5.73 Å². The lowest BCUT2D eigenvalue weighted by Crippen LogP contribution is -2.36. The lowest BCUT2D eigenvalue weighted by atomic mass is 9.93. The Morgan fingerprint density at radius 1 is 1.39 bits per heavy atom. The third-order valence-electron chi connectivity index (χ3n) is 2.76. The summed E-state index contributed by atoms with van der Waals surface area (Å²) in [6.45, 7) is 8.34. The van der Waals surface area contributed by atoms with Crippen molar-refractivity contribution in [3.63, 3.8) is 0 Å². The number of aromatic hydroxyl groups is 1. The van der Waals surface area contributed by atoms with Gasteiger partial charge in [0.1, 0.15) is 5.75 Å². The van der Waals surface area contributed by atoms with Crippen molar-refractivity contribution in [2.24, 2.45) is 11.1 Å². The summed E-state index contributed by atoms with van der Waals surface area (Å²) in [6, 6.07) is 3.50.